The number of esters is 1. The summed E-state index contributed by atoms with van der Waals surface area (Å²) in [6.07, 6.45) is 5.01. The van der Waals surface area contributed by atoms with Crippen LogP contribution in [0.1, 0.15) is 25.2 Å². The molecule has 32 heavy (non-hydrogen) atoms. The standard InChI is InChI=1S/C23H19Cl2NO4S2/c1-23(2)16(11-18(24)25)19(23)21(28)30-14-7-5-13(6-8-14)10-17-20(27)26(22(31)32-17)12-15-4-3-9-29-15/h3-11,16,19H,12H2,1-2H3/b17-10-/t16-,19+/m1/s1. The minimum absolute atomic E-state index is 0.0534. The van der Waals surface area contributed by atoms with Crippen molar-refractivity contribution in [3.63, 3.8) is 0 Å². The predicted molar refractivity (Wildman–Crippen MR) is 130 cm³/mol. The summed E-state index contributed by atoms with van der Waals surface area (Å²) in [7, 11) is 0. The molecule has 1 saturated heterocycles. The van der Waals surface area contributed by atoms with E-state index in [4.69, 9.17) is 44.6 Å². The van der Waals surface area contributed by atoms with E-state index in [1.807, 2.05) is 13.8 Å². The molecule has 1 saturated carbocycles. The number of hydrogen-bond acceptors (Lipinski definition) is 6. The monoisotopic (exact) mass is 507 g/mol. The molecule has 1 aliphatic carbocycles. The van der Waals surface area contributed by atoms with E-state index >= 15 is 0 Å². The SMILES string of the molecule is CC1(C)[C@H](C=C(Cl)Cl)[C@H]1C(=O)Oc1ccc(/C=C2\SC(=S)N(Cc3ccco3)C2=O)cc1. The van der Waals surface area contributed by atoms with E-state index in [0.717, 1.165) is 5.56 Å². The zero-order valence-electron chi connectivity index (χ0n) is 17.2. The van der Waals surface area contributed by atoms with Crippen molar-refractivity contribution >= 4 is 69.5 Å². The molecule has 0 bridgehead atoms. The number of hydrogen-bond donors (Lipinski definition) is 0. The number of ether oxygens (including phenoxy) is 1. The molecular weight excluding hydrogens is 489 g/mol. The Kier molecular flexibility index (Phi) is 6.54. The van der Waals surface area contributed by atoms with E-state index in [1.54, 1.807) is 54.8 Å². The summed E-state index contributed by atoms with van der Waals surface area (Å²) in [6, 6.07) is 10.5. The quantitative estimate of drug-likeness (QED) is 0.201. The summed E-state index contributed by atoms with van der Waals surface area (Å²) in [5.41, 5.74) is 0.543. The average molecular weight is 508 g/mol. The van der Waals surface area contributed by atoms with Crippen molar-refractivity contribution in [2.45, 2.75) is 20.4 Å². The fourth-order valence-electron chi connectivity index (χ4n) is 3.73. The van der Waals surface area contributed by atoms with Crippen molar-refractivity contribution in [2.75, 3.05) is 0 Å². The molecule has 2 heterocycles. The van der Waals surface area contributed by atoms with Crippen molar-refractivity contribution in [1.82, 2.24) is 4.90 Å². The Morgan fingerprint density at radius 1 is 1.28 bits per heavy atom. The predicted octanol–water partition coefficient (Wildman–Crippen LogP) is 6.18. The second kappa shape index (κ2) is 9.06. The van der Waals surface area contributed by atoms with Gasteiger partial charge in [0, 0.05) is 0 Å². The Bertz CT molecular complexity index is 1120. The Balaban J connectivity index is 1.40. The van der Waals surface area contributed by atoms with Gasteiger partial charge in [-0.05, 0) is 53.3 Å². The number of halogens is 2. The van der Waals surface area contributed by atoms with E-state index in [0.29, 0.717) is 27.3 Å². The molecule has 1 aliphatic heterocycles. The van der Waals surface area contributed by atoms with Crippen LogP contribution in [0.15, 0.2) is 62.6 Å². The Labute approximate surface area is 205 Å². The Morgan fingerprint density at radius 2 is 2.00 bits per heavy atom. The minimum atomic E-state index is -0.322. The molecule has 1 aromatic heterocycles. The third kappa shape index (κ3) is 4.81. The third-order valence-corrected chi connectivity index (χ3v) is 7.26. The number of furan rings is 1. The highest BCUT2D eigenvalue weighted by atomic mass is 35.5. The Hall–Kier alpha value is -2.06. The number of benzene rings is 1. The molecule has 9 heteroatoms. The maximum Gasteiger partial charge on any atom is 0.315 e. The second-order valence-electron chi connectivity index (χ2n) is 8.12. The maximum absolute atomic E-state index is 12.7. The van der Waals surface area contributed by atoms with E-state index in [2.05, 4.69) is 0 Å². The van der Waals surface area contributed by atoms with Gasteiger partial charge < -0.3 is 9.15 Å². The van der Waals surface area contributed by atoms with Crippen molar-refractivity contribution in [3.8, 4) is 5.75 Å². The van der Waals surface area contributed by atoms with Gasteiger partial charge in [-0.1, -0.05) is 73.2 Å². The zero-order chi connectivity index (χ0) is 23.0. The number of nitrogens with zero attached hydrogens (tertiary/aromatic N) is 1. The van der Waals surface area contributed by atoms with Gasteiger partial charge in [0.25, 0.3) is 5.91 Å². The number of carbonyl (C=O) groups excluding carboxylic acids is 2. The summed E-state index contributed by atoms with van der Waals surface area (Å²) in [4.78, 5) is 27.3. The second-order valence-corrected chi connectivity index (χ2v) is 10.8. The van der Waals surface area contributed by atoms with Crippen LogP contribution in [0, 0.1) is 17.3 Å². The van der Waals surface area contributed by atoms with E-state index in [-0.39, 0.29) is 33.6 Å². The lowest BCUT2D eigenvalue weighted by Crippen LogP contribution is -2.27. The van der Waals surface area contributed by atoms with Crippen LogP contribution in [0.5, 0.6) is 5.75 Å². The molecule has 0 spiro atoms. The third-order valence-electron chi connectivity index (χ3n) is 5.63. The van der Waals surface area contributed by atoms with Crippen LogP contribution in [0.3, 0.4) is 0 Å². The Morgan fingerprint density at radius 3 is 2.62 bits per heavy atom. The molecule has 5 nitrogen and oxygen atoms in total. The molecule has 2 aromatic rings. The number of thiocarbonyl (C=S) groups is 1. The molecule has 1 amide bonds. The lowest BCUT2D eigenvalue weighted by Gasteiger charge is -2.11. The van der Waals surface area contributed by atoms with Crippen molar-refractivity contribution in [3.05, 3.63) is 69.5 Å². The first-order valence-corrected chi connectivity index (χ1v) is 11.8. The van der Waals surface area contributed by atoms with Crippen molar-refractivity contribution < 1.29 is 18.7 Å². The topological polar surface area (TPSA) is 59.8 Å². The van der Waals surface area contributed by atoms with Crippen LogP contribution >= 0.6 is 47.2 Å². The summed E-state index contributed by atoms with van der Waals surface area (Å²) in [6.45, 7) is 4.25. The largest absolute Gasteiger partial charge is 0.467 e. The van der Waals surface area contributed by atoms with Crippen LogP contribution < -0.4 is 4.74 Å². The van der Waals surface area contributed by atoms with Gasteiger partial charge in [0.2, 0.25) is 0 Å². The van der Waals surface area contributed by atoms with Crippen molar-refractivity contribution in [2.24, 2.45) is 17.3 Å². The molecule has 2 atom stereocenters. The smallest absolute Gasteiger partial charge is 0.315 e. The fraction of sp³-hybridized carbons (Fsp3) is 0.261. The van der Waals surface area contributed by atoms with Gasteiger partial charge in [-0.2, -0.15) is 0 Å². The normalized spacial score (nSPS) is 22.9. The first-order valence-electron chi connectivity index (χ1n) is 9.79. The molecular formula is C23H19Cl2NO4S2. The molecule has 1 aromatic carbocycles. The van der Waals surface area contributed by atoms with Gasteiger partial charge in [0.1, 0.15) is 20.3 Å². The fourth-order valence-corrected chi connectivity index (χ4v) is 5.26. The van der Waals surface area contributed by atoms with E-state index < -0.39 is 0 Å². The van der Waals surface area contributed by atoms with E-state index in [9.17, 15) is 9.59 Å². The van der Waals surface area contributed by atoms with Crippen LogP contribution in [0.2, 0.25) is 0 Å². The molecule has 2 fully saturated rings. The molecule has 2 aliphatic rings. The van der Waals surface area contributed by atoms with Gasteiger partial charge in [-0.25, -0.2) is 0 Å². The number of carbonyl (C=O) groups is 2. The first kappa shape index (κ1) is 23.1. The summed E-state index contributed by atoms with van der Waals surface area (Å²) < 4.78 is 11.5. The molecule has 4 rings (SSSR count). The molecule has 0 N–H and O–H groups in total. The summed E-state index contributed by atoms with van der Waals surface area (Å²) in [5, 5.41) is 0. The highest BCUT2D eigenvalue weighted by Crippen LogP contribution is 2.60. The van der Waals surface area contributed by atoms with Crippen LogP contribution in [-0.4, -0.2) is 21.1 Å². The number of allylic oxidation sites excluding steroid dienone is 1. The maximum atomic E-state index is 12.7. The van der Waals surface area contributed by atoms with Gasteiger partial charge >= 0.3 is 5.97 Å². The van der Waals surface area contributed by atoms with Gasteiger partial charge in [-0.15, -0.1) is 0 Å². The molecule has 0 radical (unpaired) electrons. The van der Waals surface area contributed by atoms with Crippen LogP contribution in [0.4, 0.5) is 0 Å². The lowest BCUT2D eigenvalue weighted by atomic mass is 10.1. The highest BCUT2D eigenvalue weighted by Gasteiger charge is 2.61. The van der Waals surface area contributed by atoms with Gasteiger partial charge in [0.05, 0.1) is 23.6 Å². The van der Waals surface area contributed by atoms with Crippen LogP contribution in [-0.2, 0) is 16.1 Å². The summed E-state index contributed by atoms with van der Waals surface area (Å²) in [5.74, 6) is 0.253. The first-order chi connectivity index (χ1) is 15.2. The zero-order valence-corrected chi connectivity index (χ0v) is 20.4. The molecule has 0 unspecified atom stereocenters. The molecule has 166 valence electrons. The van der Waals surface area contributed by atoms with Crippen molar-refractivity contribution in [1.29, 1.82) is 0 Å². The van der Waals surface area contributed by atoms with Crippen LogP contribution in [0.25, 0.3) is 6.08 Å². The highest BCUT2D eigenvalue weighted by molar-refractivity contribution is 8.26. The minimum Gasteiger partial charge on any atom is -0.467 e. The van der Waals surface area contributed by atoms with Gasteiger partial charge in [-0.3, -0.25) is 14.5 Å². The van der Waals surface area contributed by atoms with E-state index in [1.165, 1.54) is 16.7 Å². The lowest BCUT2D eigenvalue weighted by molar-refractivity contribution is -0.136. The summed E-state index contributed by atoms with van der Waals surface area (Å²) >= 11 is 18.1. The number of thioether (sulfide) groups is 1. The number of amides is 1. The average Bonchev–Trinajstić information content (AvgIpc) is 3.07. The number of rotatable bonds is 6. The van der Waals surface area contributed by atoms with Gasteiger partial charge in [0.15, 0.2) is 0 Å².